The zero-order chi connectivity index (χ0) is 16.3. The van der Waals surface area contributed by atoms with Crippen LogP contribution in [0, 0.1) is 0 Å². The molecule has 2 aliphatic heterocycles. The molecule has 2 heterocycles. The number of nitrogens with zero attached hydrogens (tertiary/aromatic N) is 1. The van der Waals surface area contributed by atoms with Crippen LogP contribution < -0.4 is 9.47 Å². The van der Waals surface area contributed by atoms with Crippen LogP contribution in [0.2, 0.25) is 0 Å². The summed E-state index contributed by atoms with van der Waals surface area (Å²) >= 11 is 3.63. The first-order valence-corrected chi connectivity index (χ1v) is 9.99. The first kappa shape index (κ1) is 17.1. The monoisotopic (exact) mass is 381 g/mol. The van der Waals surface area contributed by atoms with Crippen molar-refractivity contribution in [3.63, 3.8) is 0 Å². The fraction of sp³-hybridized carbons (Fsp3) is 0.684. The Morgan fingerprint density at radius 1 is 1.26 bits per heavy atom. The maximum Gasteiger partial charge on any atom is 0.231 e. The van der Waals surface area contributed by atoms with E-state index in [1.165, 1.54) is 37.7 Å². The van der Waals surface area contributed by atoms with E-state index in [9.17, 15) is 0 Å². The minimum Gasteiger partial charge on any atom is -0.454 e. The Labute approximate surface area is 148 Å². The number of fused-ring (bicyclic) bond motifs is 1. The van der Waals surface area contributed by atoms with Crippen molar-refractivity contribution in [2.45, 2.75) is 57.4 Å². The third-order valence-corrected chi connectivity index (χ3v) is 5.79. The smallest absolute Gasteiger partial charge is 0.231 e. The topological polar surface area (TPSA) is 21.7 Å². The van der Waals surface area contributed by atoms with Crippen molar-refractivity contribution in [2.75, 3.05) is 25.2 Å². The summed E-state index contributed by atoms with van der Waals surface area (Å²) in [5.74, 6) is 2.39. The van der Waals surface area contributed by atoms with Gasteiger partial charge in [0.05, 0.1) is 0 Å². The summed E-state index contributed by atoms with van der Waals surface area (Å²) in [4.78, 5) is 2.69. The SMILES string of the molecule is CCCCC[C@]1(C)C[C@@H](c2ccc3c(c2)OCO3)CN1CCBr. The number of halogens is 1. The highest BCUT2D eigenvalue weighted by molar-refractivity contribution is 9.09. The van der Waals surface area contributed by atoms with E-state index in [4.69, 9.17) is 9.47 Å². The second-order valence-corrected chi connectivity index (χ2v) is 7.90. The Balaban J connectivity index is 1.74. The van der Waals surface area contributed by atoms with Crippen molar-refractivity contribution in [1.82, 2.24) is 4.90 Å². The largest absolute Gasteiger partial charge is 0.454 e. The van der Waals surface area contributed by atoms with Crippen LogP contribution >= 0.6 is 15.9 Å². The van der Waals surface area contributed by atoms with Gasteiger partial charge in [0.1, 0.15) is 0 Å². The fourth-order valence-corrected chi connectivity index (χ4v) is 4.51. The van der Waals surface area contributed by atoms with Gasteiger partial charge in [0.2, 0.25) is 6.79 Å². The van der Waals surface area contributed by atoms with Gasteiger partial charge in [-0.05, 0) is 43.4 Å². The number of alkyl halides is 1. The molecule has 0 radical (unpaired) electrons. The summed E-state index contributed by atoms with van der Waals surface area (Å²) in [5, 5.41) is 1.05. The molecule has 3 rings (SSSR count). The highest BCUT2D eigenvalue weighted by Crippen LogP contribution is 2.44. The van der Waals surface area contributed by atoms with E-state index in [0.717, 1.165) is 29.9 Å². The lowest BCUT2D eigenvalue weighted by Gasteiger charge is -2.35. The van der Waals surface area contributed by atoms with Crippen molar-refractivity contribution in [2.24, 2.45) is 0 Å². The molecule has 0 N–H and O–H groups in total. The molecule has 0 spiro atoms. The van der Waals surface area contributed by atoms with Crippen LogP contribution in [0.15, 0.2) is 18.2 Å². The van der Waals surface area contributed by atoms with Crippen LogP contribution in [0.25, 0.3) is 0 Å². The summed E-state index contributed by atoms with van der Waals surface area (Å²) in [5.41, 5.74) is 1.72. The summed E-state index contributed by atoms with van der Waals surface area (Å²) in [6.45, 7) is 7.37. The lowest BCUT2D eigenvalue weighted by atomic mass is 9.86. The van der Waals surface area contributed by atoms with E-state index in [1.807, 2.05) is 0 Å². The molecule has 1 saturated heterocycles. The zero-order valence-corrected chi connectivity index (χ0v) is 15.9. The first-order chi connectivity index (χ1) is 11.2. The molecular weight excluding hydrogens is 354 g/mol. The second kappa shape index (κ2) is 7.43. The maximum atomic E-state index is 5.56. The molecule has 0 saturated carbocycles. The minimum absolute atomic E-state index is 0.323. The third kappa shape index (κ3) is 3.69. The quantitative estimate of drug-likeness (QED) is 0.493. The van der Waals surface area contributed by atoms with Crippen LogP contribution in [0.5, 0.6) is 11.5 Å². The van der Waals surface area contributed by atoms with Gasteiger partial charge in [-0.2, -0.15) is 0 Å². The van der Waals surface area contributed by atoms with Gasteiger partial charge in [-0.25, -0.2) is 0 Å². The van der Waals surface area contributed by atoms with Gasteiger partial charge < -0.3 is 9.47 Å². The highest BCUT2D eigenvalue weighted by atomic mass is 79.9. The van der Waals surface area contributed by atoms with E-state index in [2.05, 4.69) is 52.9 Å². The molecule has 23 heavy (non-hydrogen) atoms. The average molecular weight is 382 g/mol. The maximum absolute atomic E-state index is 5.56. The zero-order valence-electron chi connectivity index (χ0n) is 14.3. The normalized spacial score (nSPS) is 26.8. The van der Waals surface area contributed by atoms with Gasteiger partial charge in [0.15, 0.2) is 11.5 Å². The number of hydrogen-bond donors (Lipinski definition) is 0. The van der Waals surface area contributed by atoms with E-state index >= 15 is 0 Å². The van der Waals surface area contributed by atoms with Crippen LogP contribution in [-0.2, 0) is 0 Å². The lowest BCUT2D eigenvalue weighted by Crippen LogP contribution is -2.42. The first-order valence-electron chi connectivity index (χ1n) is 8.87. The molecule has 1 fully saturated rings. The van der Waals surface area contributed by atoms with Gasteiger partial charge in [0, 0.05) is 24.0 Å². The average Bonchev–Trinajstić information content (AvgIpc) is 3.13. The molecule has 0 bridgehead atoms. The number of unbranched alkanes of at least 4 members (excludes halogenated alkanes) is 2. The van der Waals surface area contributed by atoms with Gasteiger partial charge >= 0.3 is 0 Å². The van der Waals surface area contributed by atoms with E-state index in [0.29, 0.717) is 18.2 Å². The van der Waals surface area contributed by atoms with Crippen LogP contribution in [-0.4, -0.2) is 35.7 Å². The molecule has 0 aromatic heterocycles. The summed E-state index contributed by atoms with van der Waals surface area (Å²) < 4.78 is 11.0. The molecule has 0 aliphatic carbocycles. The molecule has 1 aromatic carbocycles. The molecule has 0 unspecified atom stereocenters. The Kier molecular flexibility index (Phi) is 5.53. The second-order valence-electron chi connectivity index (χ2n) is 7.10. The van der Waals surface area contributed by atoms with E-state index in [-0.39, 0.29) is 0 Å². The number of ether oxygens (including phenoxy) is 2. The number of rotatable bonds is 7. The molecule has 1 aromatic rings. The van der Waals surface area contributed by atoms with Crippen LogP contribution in [0.1, 0.15) is 57.4 Å². The fourth-order valence-electron chi connectivity index (χ4n) is 4.08. The van der Waals surface area contributed by atoms with Crippen molar-refractivity contribution in [1.29, 1.82) is 0 Å². The van der Waals surface area contributed by atoms with Crippen molar-refractivity contribution < 1.29 is 9.47 Å². The molecule has 128 valence electrons. The number of likely N-dealkylation sites (tertiary alicyclic amines) is 1. The molecular formula is C19H28BrNO2. The Bertz CT molecular complexity index is 536. The molecule has 2 atom stereocenters. The Morgan fingerprint density at radius 3 is 2.87 bits per heavy atom. The lowest BCUT2D eigenvalue weighted by molar-refractivity contribution is 0.151. The van der Waals surface area contributed by atoms with Crippen LogP contribution in [0.3, 0.4) is 0 Å². The number of benzene rings is 1. The van der Waals surface area contributed by atoms with Crippen molar-refractivity contribution in [3.8, 4) is 11.5 Å². The predicted octanol–water partition coefficient (Wildman–Crippen LogP) is 4.94. The standard InChI is InChI=1S/C19H28BrNO2/c1-3-4-5-8-19(2)12-16(13-21(19)10-9-20)15-6-7-17-18(11-15)23-14-22-17/h6-7,11,16H,3-5,8-10,12-14H2,1-2H3/t16-,19-/m1/s1. The van der Waals surface area contributed by atoms with Gasteiger partial charge in [-0.3, -0.25) is 4.90 Å². The molecule has 2 aliphatic rings. The van der Waals surface area contributed by atoms with Gasteiger partial charge in [0.25, 0.3) is 0 Å². The molecule has 4 heteroatoms. The summed E-state index contributed by atoms with van der Waals surface area (Å²) in [6, 6.07) is 6.48. The van der Waals surface area contributed by atoms with E-state index < -0.39 is 0 Å². The third-order valence-electron chi connectivity index (χ3n) is 5.43. The Morgan fingerprint density at radius 2 is 2.09 bits per heavy atom. The van der Waals surface area contributed by atoms with Crippen LogP contribution in [0.4, 0.5) is 0 Å². The van der Waals surface area contributed by atoms with Gasteiger partial charge in [-0.1, -0.05) is 48.2 Å². The summed E-state index contributed by atoms with van der Waals surface area (Å²) in [6.07, 6.45) is 6.50. The Hall–Kier alpha value is -0.740. The van der Waals surface area contributed by atoms with Crippen molar-refractivity contribution >= 4 is 15.9 Å². The van der Waals surface area contributed by atoms with Gasteiger partial charge in [-0.15, -0.1) is 0 Å². The highest BCUT2D eigenvalue weighted by Gasteiger charge is 2.41. The van der Waals surface area contributed by atoms with E-state index in [1.54, 1.807) is 0 Å². The van der Waals surface area contributed by atoms with Crippen molar-refractivity contribution in [3.05, 3.63) is 23.8 Å². The number of hydrogen-bond acceptors (Lipinski definition) is 3. The minimum atomic E-state index is 0.323. The molecule has 3 nitrogen and oxygen atoms in total. The molecule has 0 amide bonds. The summed E-state index contributed by atoms with van der Waals surface area (Å²) in [7, 11) is 0. The predicted molar refractivity (Wildman–Crippen MR) is 97.8 cm³/mol.